The quantitative estimate of drug-likeness (QED) is 0.183. The van der Waals surface area contributed by atoms with E-state index in [0.717, 1.165) is 11.8 Å². The average Bonchev–Trinajstić information content (AvgIpc) is 3.12. The molecule has 29 heavy (non-hydrogen) atoms. The van der Waals surface area contributed by atoms with Crippen LogP contribution in [0.5, 0.6) is 0 Å². The SMILES string of the molecule is CC(O)C(NC(=O)C(CC(=O)O)NC(=O)C1CCCN1C(=O)C(N)CO)C(=O)O. The molecule has 8 N–H and O–H groups in total. The van der Waals surface area contributed by atoms with Gasteiger partial charge in [-0.05, 0) is 19.8 Å². The zero-order valence-electron chi connectivity index (χ0n) is 15.8. The van der Waals surface area contributed by atoms with Gasteiger partial charge in [-0.15, -0.1) is 0 Å². The van der Waals surface area contributed by atoms with Crippen LogP contribution in [0, 0.1) is 0 Å². The number of carboxylic acid groups (broad SMARTS) is 2. The summed E-state index contributed by atoms with van der Waals surface area (Å²) in [5, 5.41) is 40.7. The van der Waals surface area contributed by atoms with Crippen molar-refractivity contribution in [2.45, 2.75) is 56.5 Å². The van der Waals surface area contributed by atoms with Gasteiger partial charge in [0.2, 0.25) is 17.7 Å². The van der Waals surface area contributed by atoms with E-state index in [1.54, 1.807) is 0 Å². The number of likely N-dealkylation sites (tertiary alicyclic amines) is 1. The summed E-state index contributed by atoms with van der Waals surface area (Å²) in [7, 11) is 0. The first kappa shape index (κ1) is 24.3. The minimum absolute atomic E-state index is 0.198. The highest BCUT2D eigenvalue weighted by Gasteiger charge is 2.38. The minimum Gasteiger partial charge on any atom is -0.481 e. The van der Waals surface area contributed by atoms with Crippen molar-refractivity contribution in [2.24, 2.45) is 5.73 Å². The monoisotopic (exact) mass is 418 g/mol. The van der Waals surface area contributed by atoms with Crippen LogP contribution in [0.1, 0.15) is 26.2 Å². The number of rotatable bonds is 10. The predicted octanol–water partition coefficient (Wildman–Crippen LogP) is -3.79. The first-order valence-electron chi connectivity index (χ1n) is 8.89. The molecule has 1 heterocycles. The van der Waals surface area contributed by atoms with E-state index in [-0.39, 0.29) is 13.0 Å². The van der Waals surface area contributed by atoms with E-state index in [1.807, 2.05) is 5.32 Å². The Hall–Kier alpha value is -2.77. The molecule has 1 saturated heterocycles. The second-order valence-electron chi connectivity index (χ2n) is 6.70. The van der Waals surface area contributed by atoms with Crippen LogP contribution in [0.2, 0.25) is 0 Å². The molecule has 0 aromatic heterocycles. The number of aliphatic hydroxyl groups excluding tert-OH is 2. The molecule has 13 nitrogen and oxygen atoms in total. The molecule has 5 atom stereocenters. The molecule has 13 heteroatoms. The fraction of sp³-hybridized carbons (Fsp3) is 0.688. The molecule has 1 aliphatic heterocycles. The molecule has 0 radical (unpaired) electrons. The lowest BCUT2D eigenvalue weighted by molar-refractivity contribution is -0.146. The number of carbonyl (C=O) groups excluding carboxylic acids is 3. The molecule has 1 rings (SSSR count). The second kappa shape index (κ2) is 10.7. The van der Waals surface area contributed by atoms with Crippen molar-refractivity contribution < 1.29 is 44.4 Å². The van der Waals surface area contributed by atoms with E-state index in [2.05, 4.69) is 5.32 Å². The summed E-state index contributed by atoms with van der Waals surface area (Å²) in [6.45, 7) is 0.698. The van der Waals surface area contributed by atoms with Crippen LogP contribution in [0.15, 0.2) is 0 Å². The van der Waals surface area contributed by atoms with Crippen LogP contribution in [-0.2, 0) is 24.0 Å². The van der Waals surface area contributed by atoms with Crippen LogP contribution >= 0.6 is 0 Å². The number of hydrogen-bond acceptors (Lipinski definition) is 8. The largest absolute Gasteiger partial charge is 0.481 e. The Balaban J connectivity index is 2.92. The highest BCUT2D eigenvalue weighted by atomic mass is 16.4. The van der Waals surface area contributed by atoms with Gasteiger partial charge in [-0.3, -0.25) is 19.2 Å². The standard InChI is InChI=1S/C16H26N4O9/c1-7(22)12(16(28)29)19-13(25)9(5-11(23)24)18-14(26)10-3-2-4-20(10)15(27)8(17)6-21/h7-10,12,21-22H,2-6,17H2,1H3,(H,18,26)(H,19,25)(H,23,24)(H,28,29). The van der Waals surface area contributed by atoms with Crippen molar-refractivity contribution in [3.8, 4) is 0 Å². The maximum Gasteiger partial charge on any atom is 0.328 e. The summed E-state index contributed by atoms with van der Waals surface area (Å²) in [5.41, 5.74) is 5.49. The number of carbonyl (C=O) groups is 5. The number of nitrogens with two attached hydrogens (primary N) is 1. The maximum atomic E-state index is 12.6. The summed E-state index contributed by atoms with van der Waals surface area (Å²) >= 11 is 0. The summed E-state index contributed by atoms with van der Waals surface area (Å²) in [5.74, 6) is -5.57. The van der Waals surface area contributed by atoms with Gasteiger partial charge < -0.3 is 41.7 Å². The third-order valence-corrected chi connectivity index (χ3v) is 4.41. The third kappa shape index (κ3) is 6.66. The minimum atomic E-state index is -1.71. The fourth-order valence-corrected chi connectivity index (χ4v) is 2.89. The Morgan fingerprint density at radius 2 is 1.79 bits per heavy atom. The van der Waals surface area contributed by atoms with E-state index < -0.39 is 73.0 Å². The molecule has 1 aliphatic rings. The van der Waals surface area contributed by atoms with Gasteiger partial charge in [-0.25, -0.2) is 4.79 Å². The van der Waals surface area contributed by atoms with E-state index in [4.69, 9.17) is 21.1 Å². The van der Waals surface area contributed by atoms with Crippen molar-refractivity contribution in [1.29, 1.82) is 0 Å². The van der Waals surface area contributed by atoms with Crippen molar-refractivity contribution in [1.82, 2.24) is 15.5 Å². The van der Waals surface area contributed by atoms with Gasteiger partial charge in [0.15, 0.2) is 6.04 Å². The predicted molar refractivity (Wildman–Crippen MR) is 95.2 cm³/mol. The van der Waals surface area contributed by atoms with Gasteiger partial charge in [0.25, 0.3) is 0 Å². The van der Waals surface area contributed by atoms with Gasteiger partial charge in [-0.2, -0.15) is 0 Å². The molecule has 0 spiro atoms. The summed E-state index contributed by atoms with van der Waals surface area (Å²) in [4.78, 5) is 60.4. The van der Waals surface area contributed by atoms with Crippen LogP contribution < -0.4 is 16.4 Å². The molecule has 0 bridgehead atoms. The van der Waals surface area contributed by atoms with Crippen LogP contribution in [-0.4, -0.2) is 98.4 Å². The zero-order valence-corrected chi connectivity index (χ0v) is 15.8. The third-order valence-electron chi connectivity index (χ3n) is 4.41. The molecule has 164 valence electrons. The van der Waals surface area contributed by atoms with Crippen molar-refractivity contribution in [2.75, 3.05) is 13.2 Å². The number of aliphatic carboxylic acids is 2. The highest BCUT2D eigenvalue weighted by molar-refractivity contribution is 5.95. The Kier molecular flexibility index (Phi) is 8.94. The summed E-state index contributed by atoms with van der Waals surface area (Å²) < 4.78 is 0. The molecule has 5 unspecified atom stereocenters. The number of aliphatic hydroxyl groups is 2. The molecular formula is C16H26N4O9. The Morgan fingerprint density at radius 1 is 1.17 bits per heavy atom. The molecule has 0 aliphatic carbocycles. The van der Waals surface area contributed by atoms with Gasteiger partial charge in [0.1, 0.15) is 18.1 Å². The number of amides is 3. The van der Waals surface area contributed by atoms with Gasteiger partial charge >= 0.3 is 11.9 Å². The molecule has 0 saturated carbocycles. The Morgan fingerprint density at radius 3 is 2.28 bits per heavy atom. The van der Waals surface area contributed by atoms with Crippen LogP contribution in [0.4, 0.5) is 0 Å². The van der Waals surface area contributed by atoms with Crippen LogP contribution in [0.3, 0.4) is 0 Å². The molecular weight excluding hydrogens is 392 g/mol. The normalized spacial score (nSPS) is 20.3. The van der Waals surface area contributed by atoms with Gasteiger partial charge in [0.05, 0.1) is 19.1 Å². The van der Waals surface area contributed by atoms with E-state index in [0.29, 0.717) is 6.42 Å². The van der Waals surface area contributed by atoms with Crippen molar-refractivity contribution >= 4 is 29.7 Å². The first-order chi connectivity index (χ1) is 13.5. The van der Waals surface area contributed by atoms with Crippen LogP contribution in [0.25, 0.3) is 0 Å². The Bertz CT molecular complexity index is 654. The van der Waals surface area contributed by atoms with Crippen molar-refractivity contribution in [3.63, 3.8) is 0 Å². The lowest BCUT2D eigenvalue weighted by Gasteiger charge is -2.28. The molecule has 0 aromatic rings. The summed E-state index contributed by atoms with van der Waals surface area (Å²) in [6.07, 6.45) is -1.62. The maximum absolute atomic E-state index is 12.6. The number of nitrogens with one attached hydrogen (secondary N) is 2. The number of nitrogens with zero attached hydrogens (tertiary/aromatic N) is 1. The highest BCUT2D eigenvalue weighted by Crippen LogP contribution is 2.18. The average molecular weight is 418 g/mol. The summed E-state index contributed by atoms with van der Waals surface area (Å²) in [6, 6.07) is -5.58. The fourth-order valence-electron chi connectivity index (χ4n) is 2.89. The van der Waals surface area contributed by atoms with Crippen molar-refractivity contribution in [3.05, 3.63) is 0 Å². The van der Waals surface area contributed by atoms with Gasteiger partial charge in [-0.1, -0.05) is 0 Å². The second-order valence-corrected chi connectivity index (χ2v) is 6.70. The van der Waals surface area contributed by atoms with E-state index in [9.17, 15) is 29.1 Å². The number of hydrogen-bond donors (Lipinski definition) is 7. The van der Waals surface area contributed by atoms with E-state index in [1.165, 1.54) is 0 Å². The van der Waals surface area contributed by atoms with E-state index >= 15 is 0 Å². The first-order valence-corrected chi connectivity index (χ1v) is 8.89. The lowest BCUT2D eigenvalue weighted by Crippen LogP contribution is -2.58. The lowest BCUT2D eigenvalue weighted by atomic mass is 10.1. The topological polar surface area (TPSA) is 220 Å². The zero-order chi connectivity index (χ0) is 22.3. The smallest absolute Gasteiger partial charge is 0.328 e. The number of carboxylic acids is 2. The van der Waals surface area contributed by atoms with Gasteiger partial charge in [0, 0.05) is 6.54 Å². The molecule has 3 amide bonds. The Labute approximate surface area is 165 Å². The molecule has 1 fully saturated rings. The molecule has 0 aromatic carbocycles.